The van der Waals surface area contributed by atoms with E-state index >= 15 is 0 Å². The predicted octanol–water partition coefficient (Wildman–Crippen LogP) is 5.50. The molecule has 4 nitrogen and oxygen atoms in total. The highest BCUT2D eigenvalue weighted by molar-refractivity contribution is 6.34. The summed E-state index contributed by atoms with van der Waals surface area (Å²) in [7, 11) is 0. The van der Waals surface area contributed by atoms with Gasteiger partial charge in [0.25, 0.3) is 11.8 Å². The maximum absolute atomic E-state index is 12.8. The predicted molar refractivity (Wildman–Crippen MR) is 105 cm³/mol. The summed E-state index contributed by atoms with van der Waals surface area (Å²) in [5.41, 5.74) is 2.43. The van der Waals surface area contributed by atoms with Crippen LogP contribution in [-0.2, 0) is 6.42 Å². The number of carbonyl (C=O) groups is 2. The fourth-order valence-electron chi connectivity index (χ4n) is 3.04. The summed E-state index contributed by atoms with van der Waals surface area (Å²) >= 11 is 5.88. The third-order valence-corrected chi connectivity index (χ3v) is 4.76. The molecule has 1 aliphatic rings. The van der Waals surface area contributed by atoms with Crippen molar-refractivity contribution in [2.45, 2.75) is 13.3 Å². The van der Waals surface area contributed by atoms with Crippen LogP contribution in [0.3, 0.4) is 0 Å². The molecule has 2 amide bonds. The topological polar surface area (TPSA) is 46.6 Å². The number of benzene rings is 3. The van der Waals surface area contributed by atoms with E-state index in [-0.39, 0.29) is 11.8 Å². The van der Waals surface area contributed by atoms with Gasteiger partial charge in [-0.2, -0.15) is 0 Å². The van der Waals surface area contributed by atoms with Gasteiger partial charge in [-0.1, -0.05) is 30.7 Å². The molecule has 0 fully saturated rings. The summed E-state index contributed by atoms with van der Waals surface area (Å²) in [6.07, 6.45) is 0.897. The van der Waals surface area contributed by atoms with Gasteiger partial charge >= 0.3 is 0 Å². The Kier molecular flexibility index (Phi) is 4.42. The summed E-state index contributed by atoms with van der Waals surface area (Å²) in [5, 5.41) is 0.613. The van der Waals surface area contributed by atoms with E-state index in [1.165, 1.54) is 4.90 Å². The molecule has 0 saturated heterocycles. The van der Waals surface area contributed by atoms with Crippen LogP contribution in [0.2, 0.25) is 5.02 Å². The number of ether oxygens (including phenoxy) is 1. The van der Waals surface area contributed by atoms with Crippen LogP contribution in [0.4, 0.5) is 5.69 Å². The minimum absolute atomic E-state index is 0.322. The number of hydrogen-bond acceptors (Lipinski definition) is 3. The van der Waals surface area contributed by atoms with Crippen molar-refractivity contribution in [1.29, 1.82) is 0 Å². The second kappa shape index (κ2) is 6.89. The molecule has 1 aliphatic heterocycles. The van der Waals surface area contributed by atoms with Gasteiger partial charge in [0.15, 0.2) is 0 Å². The van der Waals surface area contributed by atoms with Crippen molar-refractivity contribution in [1.82, 2.24) is 0 Å². The van der Waals surface area contributed by atoms with Gasteiger partial charge < -0.3 is 4.74 Å². The van der Waals surface area contributed by atoms with Crippen LogP contribution >= 0.6 is 11.6 Å². The maximum Gasteiger partial charge on any atom is 0.266 e. The van der Waals surface area contributed by atoms with Crippen LogP contribution in [0.15, 0.2) is 66.7 Å². The monoisotopic (exact) mass is 377 g/mol. The maximum atomic E-state index is 12.8. The van der Waals surface area contributed by atoms with Crippen molar-refractivity contribution in [2.75, 3.05) is 4.90 Å². The largest absolute Gasteiger partial charge is 0.457 e. The summed E-state index contributed by atoms with van der Waals surface area (Å²) in [6, 6.07) is 19.3. The van der Waals surface area contributed by atoms with E-state index < -0.39 is 0 Å². The van der Waals surface area contributed by atoms with E-state index in [1.54, 1.807) is 54.6 Å². The van der Waals surface area contributed by atoms with Gasteiger partial charge in [0.2, 0.25) is 0 Å². The molecule has 0 spiro atoms. The molecule has 0 aromatic heterocycles. The molecular formula is C22H16ClNO3. The molecule has 3 aromatic carbocycles. The number of halogens is 1. The molecule has 27 heavy (non-hydrogen) atoms. The van der Waals surface area contributed by atoms with Crippen molar-refractivity contribution in [3.8, 4) is 11.5 Å². The Labute approximate surface area is 161 Å². The van der Waals surface area contributed by atoms with Gasteiger partial charge in [-0.05, 0) is 66.6 Å². The normalized spacial score (nSPS) is 13.0. The molecule has 0 N–H and O–H groups in total. The number of fused-ring (bicyclic) bond motifs is 1. The number of rotatable bonds is 4. The first kappa shape index (κ1) is 17.3. The lowest BCUT2D eigenvalue weighted by Crippen LogP contribution is -2.29. The molecule has 0 saturated carbocycles. The SMILES string of the molecule is CCc1ccc(N2C(=O)c3ccc(Oc4ccc(Cl)cc4)cc3C2=O)cc1. The van der Waals surface area contributed by atoms with Crippen LogP contribution in [0, 0.1) is 0 Å². The molecule has 5 heteroatoms. The lowest BCUT2D eigenvalue weighted by atomic mass is 10.1. The van der Waals surface area contributed by atoms with Crippen LogP contribution < -0.4 is 9.64 Å². The Bertz CT molecular complexity index is 1030. The number of imide groups is 1. The summed E-state index contributed by atoms with van der Waals surface area (Å²) in [5.74, 6) is 0.418. The van der Waals surface area contributed by atoms with Gasteiger partial charge in [0.1, 0.15) is 11.5 Å². The number of nitrogens with zero attached hydrogens (tertiary/aromatic N) is 1. The smallest absolute Gasteiger partial charge is 0.266 e. The molecule has 1 heterocycles. The molecule has 0 bridgehead atoms. The minimum Gasteiger partial charge on any atom is -0.457 e. The van der Waals surface area contributed by atoms with Gasteiger partial charge in [-0.3, -0.25) is 9.59 Å². The van der Waals surface area contributed by atoms with Gasteiger partial charge in [-0.25, -0.2) is 4.90 Å². The van der Waals surface area contributed by atoms with Crippen molar-refractivity contribution < 1.29 is 14.3 Å². The summed E-state index contributed by atoms with van der Waals surface area (Å²) in [4.78, 5) is 26.8. The summed E-state index contributed by atoms with van der Waals surface area (Å²) < 4.78 is 5.77. The van der Waals surface area contributed by atoms with Crippen molar-refractivity contribution in [3.63, 3.8) is 0 Å². The Morgan fingerprint density at radius 1 is 0.815 bits per heavy atom. The number of amides is 2. The van der Waals surface area contributed by atoms with E-state index in [0.717, 1.165) is 12.0 Å². The van der Waals surface area contributed by atoms with Gasteiger partial charge in [0, 0.05) is 5.02 Å². The zero-order valence-electron chi connectivity index (χ0n) is 14.6. The van der Waals surface area contributed by atoms with Gasteiger partial charge in [-0.15, -0.1) is 0 Å². The number of aryl methyl sites for hydroxylation is 1. The van der Waals surface area contributed by atoms with E-state index in [4.69, 9.17) is 16.3 Å². The first-order valence-electron chi connectivity index (χ1n) is 8.62. The van der Waals surface area contributed by atoms with E-state index in [0.29, 0.717) is 33.3 Å². The first-order valence-corrected chi connectivity index (χ1v) is 9.00. The first-order chi connectivity index (χ1) is 13.1. The van der Waals surface area contributed by atoms with Crippen molar-refractivity contribution in [2.24, 2.45) is 0 Å². The quantitative estimate of drug-likeness (QED) is 0.564. The minimum atomic E-state index is -0.346. The molecule has 4 rings (SSSR count). The molecule has 0 unspecified atom stereocenters. The number of hydrogen-bond donors (Lipinski definition) is 0. The van der Waals surface area contributed by atoms with Crippen molar-refractivity contribution >= 4 is 29.1 Å². The van der Waals surface area contributed by atoms with Crippen LogP contribution in [0.5, 0.6) is 11.5 Å². The second-order valence-electron chi connectivity index (χ2n) is 6.23. The Balaban J connectivity index is 1.63. The zero-order chi connectivity index (χ0) is 19.0. The average molecular weight is 378 g/mol. The molecule has 0 atom stereocenters. The van der Waals surface area contributed by atoms with Gasteiger partial charge in [0.05, 0.1) is 16.8 Å². The summed E-state index contributed by atoms with van der Waals surface area (Å²) in [6.45, 7) is 2.05. The number of anilines is 1. The molecular weight excluding hydrogens is 362 g/mol. The average Bonchev–Trinajstić information content (AvgIpc) is 2.94. The van der Waals surface area contributed by atoms with E-state index in [1.807, 2.05) is 12.1 Å². The lowest BCUT2D eigenvalue weighted by molar-refractivity contribution is 0.0926. The molecule has 0 aliphatic carbocycles. The van der Waals surface area contributed by atoms with Crippen LogP contribution in [0.1, 0.15) is 33.2 Å². The van der Waals surface area contributed by atoms with Crippen molar-refractivity contribution in [3.05, 3.63) is 88.4 Å². The lowest BCUT2D eigenvalue weighted by Gasteiger charge is -2.14. The fourth-order valence-corrected chi connectivity index (χ4v) is 3.16. The molecule has 3 aromatic rings. The molecule has 0 radical (unpaired) electrons. The fraction of sp³-hybridized carbons (Fsp3) is 0.0909. The third-order valence-electron chi connectivity index (χ3n) is 4.51. The van der Waals surface area contributed by atoms with Crippen LogP contribution in [-0.4, -0.2) is 11.8 Å². The Morgan fingerprint density at radius 2 is 1.44 bits per heavy atom. The third kappa shape index (κ3) is 3.20. The standard InChI is InChI=1S/C22H16ClNO3/c1-2-14-3-7-16(8-4-14)24-21(25)19-12-11-18(13-20(19)22(24)26)27-17-9-5-15(23)6-10-17/h3-13H,2H2,1H3. The highest BCUT2D eigenvalue weighted by atomic mass is 35.5. The second-order valence-corrected chi connectivity index (χ2v) is 6.67. The highest BCUT2D eigenvalue weighted by Crippen LogP contribution is 2.32. The number of carbonyl (C=O) groups excluding carboxylic acids is 2. The van der Waals surface area contributed by atoms with E-state index in [9.17, 15) is 9.59 Å². The highest BCUT2D eigenvalue weighted by Gasteiger charge is 2.37. The Hall–Kier alpha value is -3.11. The van der Waals surface area contributed by atoms with Crippen LogP contribution in [0.25, 0.3) is 0 Å². The van der Waals surface area contributed by atoms with E-state index in [2.05, 4.69) is 6.92 Å². The molecule has 134 valence electrons. The zero-order valence-corrected chi connectivity index (χ0v) is 15.4. The Morgan fingerprint density at radius 3 is 2.11 bits per heavy atom.